The number of benzene rings is 2. The maximum Gasteiger partial charge on any atom is 0.165 e. The first-order chi connectivity index (χ1) is 11.7. The Morgan fingerprint density at radius 1 is 0.917 bits per heavy atom. The summed E-state index contributed by atoms with van der Waals surface area (Å²) in [5.74, 6) is 1.17. The third-order valence-electron chi connectivity index (χ3n) is 3.43. The van der Waals surface area contributed by atoms with E-state index in [-0.39, 0.29) is 18.2 Å². The number of alkyl halides is 1. The Balaban J connectivity index is 1.92. The van der Waals surface area contributed by atoms with E-state index < -0.39 is 0 Å². The lowest BCUT2D eigenvalue weighted by atomic mass is 10.0. The van der Waals surface area contributed by atoms with Gasteiger partial charge in [0.25, 0.3) is 0 Å². The summed E-state index contributed by atoms with van der Waals surface area (Å²) in [7, 11) is 0. The van der Waals surface area contributed by atoms with Crippen LogP contribution in [0.2, 0.25) is 0 Å². The molecule has 0 spiro atoms. The average Bonchev–Trinajstić information content (AvgIpc) is 2.59. The Hall–Kier alpha value is -1.78. The van der Waals surface area contributed by atoms with E-state index in [1.54, 1.807) is 6.07 Å². The van der Waals surface area contributed by atoms with Gasteiger partial charge in [-0.25, -0.2) is 4.39 Å². The van der Waals surface area contributed by atoms with Crippen LogP contribution in [0.5, 0.6) is 11.5 Å². The summed E-state index contributed by atoms with van der Waals surface area (Å²) in [6.07, 6.45) is 1.94. The van der Waals surface area contributed by atoms with Crippen LogP contribution in [0.1, 0.15) is 24.0 Å². The first-order valence-electron chi connectivity index (χ1n) is 8.02. The zero-order chi connectivity index (χ0) is 17.2. The quantitative estimate of drug-likeness (QED) is 0.515. The summed E-state index contributed by atoms with van der Waals surface area (Å²) in [6.45, 7) is 1.03. The van der Waals surface area contributed by atoms with Crippen LogP contribution in [0.15, 0.2) is 42.5 Å². The second kappa shape index (κ2) is 10.2. The number of hydrogen-bond donors (Lipinski definition) is 1. The minimum atomic E-state index is -0.356. The molecule has 2 aromatic carbocycles. The highest BCUT2D eigenvalue weighted by molar-refractivity contribution is 6.17. The molecule has 0 heterocycles. The molecule has 5 heteroatoms. The number of rotatable bonds is 10. The van der Waals surface area contributed by atoms with Gasteiger partial charge in [0.05, 0.1) is 13.2 Å². The van der Waals surface area contributed by atoms with E-state index in [0.29, 0.717) is 38.4 Å². The third-order valence-corrected chi connectivity index (χ3v) is 3.70. The first-order valence-corrected chi connectivity index (χ1v) is 8.56. The van der Waals surface area contributed by atoms with Crippen LogP contribution >= 0.6 is 11.6 Å². The Morgan fingerprint density at radius 2 is 1.62 bits per heavy atom. The van der Waals surface area contributed by atoms with Gasteiger partial charge in [0.15, 0.2) is 11.6 Å². The Labute approximate surface area is 147 Å². The molecule has 0 aliphatic rings. The van der Waals surface area contributed by atoms with Crippen LogP contribution in [-0.4, -0.2) is 30.8 Å². The molecule has 24 heavy (non-hydrogen) atoms. The lowest BCUT2D eigenvalue weighted by molar-refractivity contribution is 0.233. The van der Waals surface area contributed by atoms with E-state index in [2.05, 4.69) is 0 Å². The number of aliphatic hydroxyl groups is 1. The zero-order valence-corrected chi connectivity index (χ0v) is 14.3. The molecule has 3 nitrogen and oxygen atoms in total. The van der Waals surface area contributed by atoms with Gasteiger partial charge in [-0.05, 0) is 48.2 Å². The molecule has 130 valence electrons. The molecule has 0 fully saturated rings. The number of ether oxygens (including phenoxy) is 2. The normalized spacial score (nSPS) is 10.6. The van der Waals surface area contributed by atoms with E-state index in [1.165, 1.54) is 6.07 Å². The van der Waals surface area contributed by atoms with Crippen molar-refractivity contribution in [3.63, 3.8) is 0 Å². The molecule has 0 saturated carbocycles. The van der Waals surface area contributed by atoms with Gasteiger partial charge in [0.2, 0.25) is 0 Å². The van der Waals surface area contributed by atoms with Gasteiger partial charge in [0.1, 0.15) is 5.75 Å². The van der Waals surface area contributed by atoms with Crippen LogP contribution in [0.4, 0.5) is 4.39 Å². The monoisotopic (exact) mass is 352 g/mol. The highest BCUT2D eigenvalue weighted by atomic mass is 35.5. The molecule has 0 radical (unpaired) electrons. The van der Waals surface area contributed by atoms with Crippen LogP contribution in [0.25, 0.3) is 0 Å². The Morgan fingerprint density at radius 3 is 2.29 bits per heavy atom. The first kappa shape index (κ1) is 18.6. The fourth-order valence-corrected chi connectivity index (χ4v) is 2.31. The highest BCUT2D eigenvalue weighted by Crippen LogP contribution is 2.21. The number of aliphatic hydroxyl groups excluding tert-OH is 1. The van der Waals surface area contributed by atoms with Crippen molar-refractivity contribution >= 4 is 11.6 Å². The van der Waals surface area contributed by atoms with E-state index in [4.69, 9.17) is 26.2 Å². The minimum Gasteiger partial charge on any atom is -0.494 e. The minimum absolute atomic E-state index is 0.120. The summed E-state index contributed by atoms with van der Waals surface area (Å²) in [5.41, 5.74) is 1.95. The van der Waals surface area contributed by atoms with Gasteiger partial charge >= 0.3 is 0 Å². The molecule has 0 bridgehead atoms. The molecule has 0 saturated heterocycles. The molecular weight excluding hydrogens is 331 g/mol. The largest absolute Gasteiger partial charge is 0.494 e. The van der Waals surface area contributed by atoms with E-state index >= 15 is 0 Å². The molecule has 1 N–H and O–H groups in total. The standard InChI is InChI=1S/C19H22ClFO3/c20-9-1-11-24-19-8-5-16(14-18(19)21)13-15-3-6-17(7-4-15)23-12-2-10-22/h3-8,14,22H,1-2,9-13H2. The third kappa shape index (κ3) is 6.02. The van der Waals surface area contributed by atoms with Crippen molar-refractivity contribution in [2.24, 2.45) is 0 Å². The van der Waals surface area contributed by atoms with Gasteiger partial charge < -0.3 is 14.6 Å². The zero-order valence-electron chi connectivity index (χ0n) is 13.5. The summed E-state index contributed by atoms with van der Waals surface area (Å²) in [4.78, 5) is 0. The fourth-order valence-electron chi connectivity index (χ4n) is 2.20. The maximum absolute atomic E-state index is 14.0. The average molecular weight is 353 g/mol. The van der Waals surface area contributed by atoms with Gasteiger partial charge in [-0.1, -0.05) is 18.2 Å². The summed E-state index contributed by atoms with van der Waals surface area (Å²) in [6, 6.07) is 12.7. The molecule has 2 rings (SSSR count). The van der Waals surface area contributed by atoms with Crippen molar-refractivity contribution in [2.75, 3.05) is 25.7 Å². The van der Waals surface area contributed by atoms with Gasteiger partial charge in [-0.2, -0.15) is 0 Å². The lowest BCUT2D eigenvalue weighted by Crippen LogP contribution is -2.01. The van der Waals surface area contributed by atoms with E-state index in [0.717, 1.165) is 16.9 Å². The molecule has 0 aliphatic heterocycles. The molecule has 2 aromatic rings. The fraction of sp³-hybridized carbons (Fsp3) is 0.368. The SMILES string of the molecule is OCCCOc1ccc(Cc2ccc(OCCCCl)c(F)c2)cc1. The van der Waals surface area contributed by atoms with Gasteiger partial charge in [0, 0.05) is 18.9 Å². The molecule has 0 unspecified atom stereocenters. The van der Waals surface area contributed by atoms with Crippen molar-refractivity contribution in [3.8, 4) is 11.5 Å². The molecular formula is C19H22ClFO3. The molecule has 0 atom stereocenters. The van der Waals surface area contributed by atoms with Crippen LogP contribution < -0.4 is 9.47 Å². The second-order valence-corrected chi connectivity index (χ2v) is 5.78. The highest BCUT2D eigenvalue weighted by Gasteiger charge is 2.06. The smallest absolute Gasteiger partial charge is 0.165 e. The van der Waals surface area contributed by atoms with Crippen molar-refractivity contribution in [1.82, 2.24) is 0 Å². The summed E-state index contributed by atoms with van der Waals surface area (Å²) in [5, 5.41) is 8.73. The van der Waals surface area contributed by atoms with Gasteiger partial charge in [-0.3, -0.25) is 0 Å². The topological polar surface area (TPSA) is 38.7 Å². The van der Waals surface area contributed by atoms with Crippen molar-refractivity contribution in [3.05, 3.63) is 59.4 Å². The van der Waals surface area contributed by atoms with Crippen LogP contribution in [0.3, 0.4) is 0 Å². The van der Waals surface area contributed by atoms with Crippen molar-refractivity contribution < 1.29 is 19.0 Å². The maximum atomic E-state index is 14.0. The Bertz CT molecular complexity index is 617. The van der Waals surface area contributed by atoms with Crippen LogP contribution in [0, 0.1) is 5.82 Å². The van der Waals surface area contributed by atoms with Crippen molar-refractivity contribution in [2.45, 2.75) is 19.3 Å². The molecule has 0 aromatic heterocycles. The van der Waals surface area contributed by atoms with E-state index in [9.17, 15) is 4.39 Å². The lowest BCUT2D eigenvalue weighted by Gasteiger charge is -2.09. The number of halogens is 2. The predicted octanol–water partition coefficient (Wildman–Crippen LogP) is 4.19. The Kier molecular flexibility index (Phi) is 7.86. The predicted molar refractivity (Wildman–Crippen MR) is 93.7 cm³/mol. The summed E-state index contributed by atoms with van der Waals surface area (Å²) < 4.78 is 24.9. The summed E-state index contributed by atoms with van der Waals surface area (Å²) >= 11 is 5.58. The second-order valence-electron chi connectivity index (χ2n) is 5.40. The van der Waals surface area contributed by atoms with Gasteiger partial charge in [-0.15, -0.1) is 11.6 Å². The van der Waals surface area contributed by atoms with E-state index in [1.807, 2.05) is 30.3 Å². The van der Waals surface area contributed by atoms with Crippen LogP contribution in [-0.2, 0) is 6.42 Å². The number of hydrogen-bond acceptors (Lipinski definition) is 3. The molecule has 0 amide bonds. The molecule has 0 aliphatic carbocycles. The van der Waals surface area contributed by atoms with Crippen molar-refractivity contribution in [1.29, 1.82) is 0 Å².